The molecule has 0 radical (unpaired) electrons. The molecular formula is C89H94F2N8O10. The van der Waals surface area contributed by atoms with E-state index >= 15 is 0 Å². The Bertz CT molecular complexity index is 5120. The summed E-state index contributed by atoms with van der Waals surface area (Å²) in [6.07, 6.45) is 2.62. The van der Waals surface area contributed by atoms with Gasteiger partial charge in [-0.2, -0.15) is 9.97 Å². The molecule has 564 valence electrons. The number of ketones is 2. The molecule has 0 N–H and O–H groups in total. The summed E-state index contributed by atoms with van der Waals surface area (Å²) in [6, 6.07) is 60.7. The average molecular weight is 1470 g/mol. The smallest absolute Gasteiger partial charge is 0.320 e. The Morgan fingerprint density at radius 2 is 0.844 bits per heavy atom. The highest BCUT2D eigenvalue weighted by molar-refractivity contribution is 5.79. The van der Waals surface area contributed by atoms with Crippen molar-refractivity contribution in [2.75, 3.05) is 62.1 Å². The number of benzene rings is 9. The van der Waals surface area contributed by atoms with Crippen LogP contribution in [0.5, 0.6) is 0 Å². The standard InChI is InChI=1S/C32H36N2O4.C29H30FN3O3.C28H28FN3O3/c1-22-10-7-8-13-27(22)28-15-14-25(17-26(28)20-36-6)31-33-29(21-37-31)24-12-9-11-23(16-24)18-34(5)19-30(35)38-32(2,3)4;1-5-20-8-6-7-9-25(20)26-12-10-22(15-24(26)18-35-4)29-31-28(32-36-29)21-11-13-27(30)23(14-21)17-33(3)16-19(2)34;1-18-7-5-6-8-24(18)25-11-9-21(14-23(25)17-34-4)28-30-27(31-35-28)20-10-12-26(29)22(13-20)16-32(3)15-19(2)33/h7-17,21H,18-20H2,1-6H3;6-15H,5,16-18H2,1-4H3;5-14H,15-17H2,1-4H3. The number of halogens is 2. The second-order valence-electron chi connectivity index (χ2n) is 28.3. The largest absolute Gasteiger partial charge is 0.459 e. The molecule has 12 aromatic rings. The van der Waals surface area contributed by atoms with Crippen molar-refractivity contribution in [3.63, 3.8) is 0 Å². The number of carbonyl (C=O) groups excluding carboxylic acids is 3. The van der Waals surface area contributed by atoms with E-state index in [0.29, 0.717) is 91.0 Å². The van der Waals surface area contributed by atoms with E-state index in [-0.39, 0.29) is 48.8 Å². The summed E-state index contributed by atoms with van der Waals surface area (Å²) >= 11 is 0. The Labute approximate surface area is 636 Å². The zero-order valence-electron chi connectivity index (χ0n) is 64.5. The van der Waals surface area contributed by atoms with Gasteiger partial charge in [-0.15, -0.1) is 0 Å². The molecule has 12 rings (SSSR count). The van der Waals surface area contributed by atoms with Gasteiger partial charge in [0.05, 0.1) is 39.5 Å². The first-order chi connectivity index (χ1) is 52.4. The number of methoxy groups -OCH3 is 3. The van der Waals surface area contributed by atoms with Crippen LogP contribution in [0.25, 0.3) is 102 Å². The maximum atomic E-state index is 14.4. The van der Waals surface area contributed by atoms with Crippen LogP contribution in [0.3, 0.4) is 0 Å². The highest BCUT2D eigenvalue weighted by Gasteiger charge is 2.23. The van der Waals surface area contributed by atoms with Crippen LogP contribution in [0.1, 0.15) is 91.6 Å². The van der Waals surface area contributed by atoms with Gasteiger partial charge < -0.3 is 32.4 Å². The molecule has 109 heavy (non-hydrogen) atoms. The normalized spacial score (nSPS) is 11.4. The molecular weight excluding hydrogens is 1380 g/mol. The Morgan fingerprint density at radius 3 is 1.29 bits per heavy atom. The predicted octanol–water partition coefficient (Wildman–Crippen LogP) is 18.5. The molecule has 9 aromatic carbocycles. The van der Waals surface area contributed by atoms with Crippen molar-refractivity contribution in [2.45, 2.75) is 107 Å². The second kappa shape index (κ2) is 37.6. The molecule has 18 nitrogen and oxygen atoms in total. The lowest BCUT2D eigenvalue weighted by atomic mass is 9.93. The Morgan fingerprint density at radius 1 is 0.431 bits per heavy atom. The number of ether oxygens (including phenoxy) is 4. The van der Waals surface area contributed by atoms with Crippen LogP contribution in [0.2, 0.25) is 0 Å². The number of carbonyl (C=O) groups is 3. The summed E-state index contributed by atoms with van der Waals surface area (Å²) in [7, 11) is 10.5. The summed E-state index contributed by atoms with van der Waals surface area (Å²) in [5.41, 5.74) is 20.6. The summed E-state index contributed by atoms with van der Waals surface area (Å²) in [4.78, 5) is 54.3. The van der Waals surface area contributed by atoms with Gasteiger partial charge in [-0.05, 0) is 227 Å². The van der Waals surface area contributed by atoms with E-state index in [1.54, 1.807) is 75.8 Å². The number of oxazole rings is 1. The fraction of sp³-hybridized carbons (Fsp3) is 0.281. The van der Waals surface area contributed by atoms with Crippen LogP contribution in [0.15, 0.2) is 208 Å². The summed E-state index contributed by atoms with van der Waals surface area (Å²) in [6.45, 7) is 18.3. The maximum absolute atomic E-state index is 14.4. The molecule has 0 spiro atoms. The molecule has 0 atom stereocenters. The number of hydrogen-bond donors (Lipinski definition) is 0. The molecule has 0 aliphatic heterocycles. The van der Waals surface area contributed by atoms with Gasteiger partial charge in [0.15, 0.2) is 0 Å². The number of aryl methyl sites for hydroxylation is 3. The SMILES string of the molecule is CCc1ccccc1-c1ccc(-c2nc(-c3ccc(F)c(CN(C)CC(C)=O)c3)no2)cc1COC.COCc1cc(-c2nc(-c3ccc(F)c(CN(C)CC(C)=O)c3)no2)ccc1-c1ccccc1C.COCc1cc(-c2nc(-c3cccc(CN(C)CC(=O)OC(C)(C)C)c3)co2)ccc1-c1ccccc1C. The molecule has 3 heterocycles. The van der Waals surface area contributed by atoms with Gasteiger partial charge in [0, 0.05) is 85.5 Å². The third kappa shape index (κ3) is 21.8. The average Bonchev–Trinajstić information content (AvgIpc) is 1.79. The van der Waals surface area contributed by atoms with E-state index in [1.165, 1.54) is 53.8 Å². The van der Waals surface area contributed by atoms with Crippen molar-refractivity contribution >= 4 is 17.5 Å². The monoisotopic (exact) mass is 1470 g/mol. The molecule has 20 heteroatoms. The minimum atomic E-state index is -0.492. The van der Waals surface area contributed by atoms with Gasteiger partial charge >= 0.3 is 5.97 Å². The fourth-order valence-electron chi connectivity index (χ4n) is 13.0. The number of likely N-dealkylation sites (N-methyl/N-ethyl adjacent to an activating group) is 3. The maximum Gasteiger partial charge on any atom is 0.320 e. The third-order valence-corrected chi connectivity index (χ3v) is 17.8. The van der Waals surface area contributed by atoms with Crippen LogP contribution in [0, 0.1) is 25.5 Å². The minimum absolute atomic E-state index is 0.0214. The van der Waals surface area contributed by atoms with Crippen molar-refractivity contribution in [3.05, 3.63) is 256 Å². The fourth-order valence-corrected chi connectivity index (χ4v) is 13.0. The molecule has 0 bridgehead atoms. The highest BCUT2D eigenvalue weighted by Crippen LogP contribution is 2.37. The molecule has 0 saturated heterocycles. The van der Waals surface area contributed by atoms with E-state index < -0.39 is 5.60 Å². The summed E-state index contributed by atoms with van der Waals surface area (Å²) in [5, 5.41) is 8.26. The van der Waals surface area contributed by atoms with E-state index in [9.17, 15) is 23.2 Å². The molecule has 0 aliphatic rings. The van der Waals surface area contributed by atoms with Crippen LogP contribution in [-0.4, -0.2) is 125 Å². The first-order valence-corrected chi connectivity index (χ1v) is 36.0. The van der Waals surface area contributed by atoms with E-state index in [2.05, 4.69) is 114 Å². The number of hydrogen-bond acceptors (Lipinski definition) is 18. The molecule has 0 aliphatic carbocycles. The van der Waals surface area contributed by atoms with E-state index in [0.717, 1.165) is 78.9 Å². The van der Waals surface area contributed by atoms with Crippen molar-refractivity contribution in [2.24, 2.45) is 0 Å². The van der Waals surface area contributed by atoms with E-state index in [1.807, 2.05) is 112 Å². The van der Waals surface area contributed by atoms with Gasteiger partial charge in [0.1, 0.15) is 40.8 Å². The lowest BCUT2D eigenvalue weighted by molar-refractivity contribution is -0.155. The Balaban J connectivity index is 0.000000174. The van der Waals surface area contributed by atoms with Crippen molar-refractivity contribution < 1.29 is 55.6 Å². The van der Waals surface area contributed by atoms with Gasteiger partial charge in [0.25, 0.3) is 11.8 Å². The molecule has 0 saturated carbocycles. The second-order valence-corrected chi connectivity index (χ2v) is 28.3. The quantitative estimate of drug-likeness (QED) is 0.0419. The van der Waals surface area contributed by atoms with Crippen molar-refractivity contribution in [1.29, 1.82) is 0 Å². The zero-order chi connectivity index (χ0) is 77.9. The number of rotatable bonds is 28. The van der Waals surface area contributed by atoms with E-state index in [4.69, 9.17) is 37.4 Å². The van der Waals surface area contributed by atoms with Gasteiger partial charge in [-0.25, -0.2) is 13.8 Å². The minimum Gasteiger partial charge on any atom is -0.459 e. The van der Waals surface area contributed by atoms with Crippen LogP contribution in [-0.2, 0) is 79.2 Å². The first-order valence-electron chi connectivity index (χ1n) is 36.0. The van der Waals surface area contributed by atoms with Gasteiger partial charge in [-0.3, -0.25) is 29.1 Å². The number of Topliss-reactive ketones (excluding diaryl/α,β-unsaturated/α-hetero) is 2. The van der Waals surface area contributed by atoms with Crippen LogP contribution < -0.4 is 0 Å². The molecule has 3 aromatic heterocycles. The van der Waals surface area contributed by atoms with Crippen LogP contribution >= 0.6 is 0 Å². The number of nitrogens with zero attached hydrogens (tertiary/aromatic N) is 8. The van der Waals surface area contributed by atoms with Crippen molar-refractivity contribution in [1.82, 2.24) is 40.0 Å². The first kappa shape index (κ1) is 80.4. The summed E-state index contributed by atoms with van der Waals surface area (Å²) < 4.78 is 67.7. The Kier molecular flexibility index (Phi) is 27.8. The Hall–Kier alpha value is -11.1. The van der Waals surface area contributed by atoms with Crippen LogP contribution in [0.4, 0.5) is 8.78 Å². The lowest BCUT2D eigenvalue weighted by Gasteiger charge is -2.22. The van der Waals surface area contributed by atoms with Gasteiger partial charge in [0.2, 0.25) is 17.5 Å². The molecule has 0 amide bonds. The summed E-state index contributed by atoms with van der Waals surface area (Å²) in [5.74, 6) is 1.15. The lowest BCUT2D eigenvalue weighted by Crippen LogP contribution is -2.32. The van der Waals surface area contributed by atoms with Crippen molar-refractivity contribution in [3.8, 4) is 102 Å². The predicted molar refractivity (Wildman–Crippen MR) is 421 cm³/mol. The third-order valence-electron chi connectivity index (χ3n) is 17.8. The molecule has 0 unspecified atom stereocenters. The molecule has 0 fully saturated rings. The topological polar surface area (TPSA) is 202 Å². The highest BCUT2D eigenvalue weighted by atomic mass is 19.1. The number of esters is 1. The van der Waals surface area contributed by atoms with Gasteiger partial charge in [-0.1, -0.05) is 126 Å². The number of aromatic nitrogens is 5. The zero-order valence-corrected chi connectivity index (χ0v) is 64.5.